The molecule has 0 unspecified atom stereocenters. The van der Waals surface area contributed by atoms with Crippen LogP contribution in [-0.2, 0) is 4.74 Å². The highest BCUT2D eigenvalue weighted by molar-refractivity contribution is 5.99. The van der Waals surface area contributed by atoms with Gasteiger partial charge in [-0.15, -0.1) is 0 Å². The predicted molar refractivity (Wildman–Crippen MR) is 66.3 cm³/mol. The highest BCUT2D eigenvalue weighted by atomic mass is 16.5. The van der Waals surface area contributed by atoms with Gasteiger partial charge < -0.3 is 15.8 Å². The van der Waals surface area contributed by atoms with E-state index in [2.05, 4.69) is 5.32 Å². The lowest BCUT2D eigenvalue weighted by Crippen LogP contribution is -2.31. The second-order valence-electron chi connectivity index (χ2n) is 4.29. The summed E-state index contributed by atoms with van der Waals surface area (Å²) in [5, 5.41) is 2.79. The first-order chi connectivity index (χ1) is 8.66. The van der Waals surface area contributed by atoms with Crippen molar-refractivity contribution in [2.75, 3.05) is 13.2 Å². The van der Waals surface area contributed by atoms with Gasteiger partial charge in [-0.05, 0) is 31.0 Å². The maximum Gasteiger partial charge on any atom is 0.251 e. The van der Waals surface area contributed by atoms with Crippen LogP contribution in [0.25, 0.3) is 0 Å². The Bertz CT molecular complexity index is 453. The van der Waals surface area contributed by atoms with Crippen LogP contribution in [-0.4, -0.2) is 31.1 Å². The summed E-state index contributed by atoms with van der Waals surface area (Å²) in [5.41, 5.74) is 5.93. The van der Waals surface area contributed by atoms with E-state index in [0.717, 1.165) is 19.4 Å². The minimum atomic E-state index is -0.538. The monoisotopic (exact) mass is 248 g/mol. The average molecular weight is 248 g/mol. The number of nitrogens with one attached hydrogen (secondary N) is 1. The molecule has 0 aromatic heterocycles. The van der Waals surface area contributed by atoms with Gasteiger partial charge in [0.1, 0.15) is 0 Å². The van der Waals surface area contributed by atoms with Crippen molar-refractivity contribution in [2.24, 2.45) is 5.73 Å². The topological polar surface area (TPSA) is 81.4 Å². The Balaban J connectivity index is 1.95. The average Bonchev–Trinajstić information content (AvgIpc) is 2.89. The van der Waals surface area contributed by atoms with Gasteiger partial charge in [0.2, 0.25) is 5.91 Å². The second kappa shape index (κ2) is 5.64. The summed E-state index contributed by atoms with van der Waals surface area (Å²) >= 11 is 0. The fraction of sp³-hybridized carbons (Fsp3) is 0.385. The van der Waals surface area contributed by atoms with Crippen LogP contribution in [0.4, 0.5) is 0 Å². The highest BCUT2D eigenvalue weighted by Crippen LogP contribution is 2.11. The van der Waals surface area contributed by atoms with Gasteiger partial charge >= 0.3 is 0 Å². The maximum atomic E-state index is 11.9. The Morgan fingerprint density at radius 3 is 2.83 bits per heavy atom. The van der Waals surface area contributed by atoms with E-state index in [0.29, 0.717) is 17.7 Å². The van der Waals surface area contributed by atoms with Crippen molar-refractivity contribution in [3.05, 3.63) is 35.4 Å². The van der Waals surface area contributed by atoms with E-state index in [9.17, 15) is 9.59 Å². The number of nitrogens with two attached hydrogens (primary N) is 1. The SMILES string of the molecule is NC(=O)c1cccc(C(=O)NC[C@@H]2CCCO2)c1. The maximum absolute atomic E-state index is 11.9. The number of carbonyl (C=O) groups excluding carboxylic acids is 2. The molecule has 5 nitrogen and oxygen atoms in total. The van der Waals surface area contributed by atoms with Crippen molar-refractivity contribution in [3.8, 4) is 0 Å². The molecular weight excluding hydrogens is 232 g/mol. The summed E-state index contributed by atoms with van der Waals surface area (Å²) in [6.07, 6.45) is 2.12. The normalized spacial score (nSPS) is 18.6. The zero-order valence-electron chi connectivity index (χ0n) is 10.0. The molecule has 1 fully saturated rings. The Labute approximate surface area is 105 Å². The predicted octanol–water partition coefficient (Wildman–Crippen LogP) is 0.694. The minimum absolute atomic E-state index is 0.105. The van der Waals surface area contributed by atoms with Crippen LogP contribution in [0, 0.1) is 0 Å². The van der Waals surface area contributed by atoms with Crippen LogP contribution in [0.3, 0.4) is 0 Å². The zero-order valence-corrected chi connectivity index (χ0v) is 10.0. The van der Waals surface area contributed by atoms with Crippen LogP contribution in [0.15, 0.2) is 24.3 Å². The Hall–Kier alpha value is -1.88. The number of benzene rings is 1. The summed E-state index contributed by atoms with van der Waals surface area (Å²) in [5.74, 6) is -0.752. The van der Waals surface area contributed by atoms with E-state index in [1.807, 2.05) is 0 Å². The van der Waals surface area contributed by atoms with E-state index in [-0.39, 0.29) is 12.0 Å². The lowest BCUT2D eigenvalue weighted by atomic mass is 10.1. The third-order valence-corrected chi connectivity index (χ3v) is 2.92. The summed E-state index contributed by atoms with van der Waals surface area (Å²) < 4.78 is 5.41. The standard InChI is InChI=1S/C13H16N2O3/c14-12(16)9-3-1-4-10(7-9)13(17)15-8-11-5-2-6-18-11/h1,3-4,7,11H,2,5-6,8H2,(H2,14,16)(H,15,17)/t11-/m0/s1. The third kappa shape index (κ3) is 3.07. The van der Waals surface area contributed by atoms with Gasteiger partial charge in [0, 0.05) is 24.3 Å². The van der Waals surface area contributed by atoms with E-state index < -0.39 is 5.91 Å². The molecule has 3 N–H and O–H groups in total. The number of rotatable bonds is 4. The van der Waals surface area contributed by atoms with E-state index in [4.69, 9.17) is 10.5 Å². The number of primary amides is 1. The van der Waals surface area contributed by atoms with Gasteiger partial charge in [0.15, 0.2) is 0 Å². The Morgan fingerprint density at radius 1 is 1.39 bits per heavy atom. The van der Waals surface area contributed by atoms with Crippen LogP contribution >= 0.6 is 0 Å². The lowest BCUT2D eigenvalue weighted by molar-refractivity contribution is 0.0858. The first kappa shape index (κ1) is 12.6. The molecule has 1 heterocycles. The van der Waals surface area contributed by atoms with Crippen molar-refractivity contribution in [1.82, 2.24) is 5.32 Å². The molecule has 1 aliphatic rings. The number of hydrogen-bond donors (Lipinski definition) is 2. The summed E-state index contributed by atoms with van der Waals surface area (Å²) in [7, 11) is 0. The molecule has 1 aromatic rings. The van der Waals surface area contributed by atoms with Gasteiger partial charge in [-0.25, -0.2) is 0 Å². The fourth-order valence-electron chi connectivity index (χ4n) is 1.93. The molecule has 2 amide bonds. The Morgan fingerprint density at radius 2 is 2.17 bits per heavy atom. The molecule has 1 aliphatic heterocycles. The van der Waals surface area contributed by atoms with Crippen molar-refractivity contribution in [2.45, 2.75) is 18.9 Å². The fourth-order valence-corrected chi connectivity index (χ4v) is 1.93. The van der Waals surface area contributed by atoms with Gasteiger partial charge in [-0.1, -0.05) is 6.07 Å². The Kier molecular flexibility index (Phi) is 3.94. The first-order valence-electron chi connectivity index (χ1n) is 5.96. The first-order valence-corrected chi connectivity index (χ1v) is 5.96. The highest BCUT2D eigenvalue weighted by Gasteiger charge is 2.16. The number of ether oxygens (including phenoxy) is 1. The molecule has 5 heteroatoms. The van der Waals surface area contributed by atoms with Crippen molar-refractivity contribution < 1.29 is 14.3 Å². The number of amides is 2. The van der Waals surface area contributed by atoms with Gasteiger partial charge in [-0.2, -0.15) is 0 Å². The molecule has 0 aliphatic carbocycles. The second-order valence-corrected chi connectivity index (χ2v) is 4.29. The number of carbonyl (C=O) groups is 2. The van der Waals surface area contributed by atoms with Gasteiger partial charge in [0.05, 0.1) is 6.10 Å². The summed E-state index contributed by atoms with van der Waals surface area (Å²) in [6, 6.07) is 6.37. The molecule has 1 aromatic carbocycles. The molecule has 1 saturated heterocycles. The summed E-state index contributed by atoms with van der Waals surface area (Å²) in [6.45, 7) is 1.26. The van der Waals surface area contributed by atoms with Crippen LogP contribution in [0.5, 0.6) is 0 Å². The van der Waals surface area contributed by atoms with Crippen molar-refractivity contribution >= 4 is 11.8 Å². The minimum Gasteiger partial charge on any atom is -0.376 e. The molecule has 0 bridgehead atoms. The van der Waals surface area contributed by atoms with Crippen LogP contribution in [0.2, 0.25) is 0 Å². The largest absolute Gasteiger partial charge is 0.376 e. The summed E-state index contributed by atoms with van der Waals surface area (Å²) in [4.78, 5) is 22.9. The molecule has 18 heavy (non-hydrogen) atoms. The van der Waals surface area contributed by atoms with Crippen LogP contribution < -0.4 is 11.1 Å². The molecule has 0 saturated carbocycles. The smallest absolute Gasteiger partial charge is 0.251 e. The molecular formula is C13H16N2O3. The molecule has 0 radical (unpaired) electrons. The van der Waals surface area contributed by atoms with Gasteiger partial charge in [0.25, 0.3) is 5.91 Å². The molecule has 0 spiro atoms. The molecule has 1 atom stereocenters. The van der Waals surface area contributed by atoms with E-state index in [1.165, 1.54) is 6.07 Å². The van der Waals surface area contributed by atoms with Crippen molar-refractivity contribution in [3.63, 3.8) is 0 Å². The quantitative estimate of drug-likeness (QED) is 0.822. The van der Waals surface area contributed by atoms with E-state index >= 15 is 0 Å². The zero-order chi connectivity index (χ0) is 13.0. The molecule has 96 valence electrons. The van der Waals surface area contributed by atoms with Crippen molar-refractivity contribution in [1.29, 1.82) is 0 Å². The lowest BCUT2D eigenvalue weighted by Gasteiger charge is -2.11. The number of hydrogen-bond acceptors (Lipinski definition) is 3. The van der Waals surface area contributed by atoms with Crippen LogP contribution in [0.1, 0.15) is 33.6 Å². The van der Waals surface area contributed by atoms with Gasteiger partial charge in [-0.3, -0.25) is 9.59 Å². The molecule has 2 rings (SSSR count). The third-order valence-electron chi connectivity index (χ3n) is 2.92. The van der Waals surface area contributed by atoms with E-state index in [1.54, 1.807) is 18.2 Å².